The normalized spacial score (nSPS) is 23.1. The Morgan fingerprint density at radius 3 is 2.59 bits per heavy atom. The Kier molecular flexibility index (Phi) is 4.06. The average Bonchev–Trinajstić information content (AvgIpc) is 2.44. The van der Waals surface area contributed by atoms with Gasteiger partial charge in [0.1, 0.15) is 0 Å². The summed E-state index contributed by atoms with van der Waals surface area (Å²) in [5.41, 5.74) is 4.06. The molecule has 4 nitrogen and oxygen atoms in total. The van der Waals surface area contributed by atoms with Crippen molar-refractivity contribution in [1.82, 2.24) is 9.88 Å². The monoisotopic (exact) mass is 300 g/mol. The number of aromatic amines is 1. The second-order valence-electron chi connectivity index (χ2n) is 6.51. The first-order chi connectivity index (χ1) is 10.5. The Labute approximate surface area is 131 Å². The highest BCUT2D eigenvalue weighted by atomic mass is 16.5. The van der Waals surface area contributed by atoms with Gasteiger partial charge in [-0.25, -0.2) is 0 Å². The number of pyridine rings is 1. The van der Waals surface area contributed by atoms with E-state index in [0.717, 1.165) is 40.8 Å². The molecule has 1 aliphatic rings. The van der Waals surface area contributed by atoms with E-state index in [-0.39, 0.29) is 17.6 Å². The molecule has 1 aliphatic heterocycles. The van der Waals surface area contributed by atoms with Gasteiger partial charge < -0.3 is 9.72 Å². The van der Waals surface area contributed by atoms with Crippen LogP contribution in [0.25, 0.3) is 10.9 Å². The van der Waals surface area contributed by atoms with E-state index in [9.17, 15) is 4.79 Å². The molecule has 118 valence electrons. The van der Waals surface area contributed by atoms with Gasteiger partial charge >= 0.3 is 0 Å². The van der Waals surface area contributed by atoms with Crippen molar-refractivity contribution in [3.8, 4) is 0 Å². The van der Waals surface area contributed by atoms with Crippen LogP contribution >= 0.6 is 0 Å². The smallest absolute Gasteiger partial charge is 0.194 e. The molecule has 1 N–H and O–H groups in total. The minimum Gasteiger partial charge on any atom is -0.373 e. The van der Waals surface area contributed by atoms with Crippen LogP contribution < -0.4 is 5.43 Å². The second-order valence-corrected chi connectivity index (χ2v) is 6.51. The molecule has 3 rings (SSSR count). The SMILES string of the molecule is Cc1[nH]c2c(C)cccc2c(=O)c1CN1CC(C)OC(C)C1. The van der Waals surface area contributed by atoms with Crippen molar-refractivity contribution < 1.29 is 4.74 Å². The lowest BCUT2D eigenvalue weighted by Gasteiger charge is -2.35. The van der Waals surface area contributed by atoms with Crippen LogP contribution in [0.5, 0.6) is 0 Å². The number of nitrogens with zero attached hydrogens (tertiary/aromatic N) is 1. The number of fused-ring (bicyclic) bond motifs is 1. The molecule has 0 aliphatic carbocycles. The van der Waals surface area contributed by atoms with Crippen molar-refractivity contribution >= 4 is 10.9 Å². The number of hydrogen-bond donors (Lipinski definition) is 1. The lowest BCUT2D eigenvalue weighted by molar-refractivity contribution is -0.0706. The summed E-state index contributed by atoms with van der Waals surface area (Å²) in [7, 11) is 0. The summed E-state index contributed by atoms with van der Waals surface area (Å²) < 4.78 is 5.77. The third-order valence-electron chi connectivity index (χ3n) is 4.43. The summed E-state index contributed by atoms with van der Waals surface area (Å²) >= 11 is 0. The lowest BCUT2D eigenvalue weighted by atomic mass is 10.0. The van der Waals surface area contributed by atoms with E-state index in [4.69, 9.17) is 4.74 Å². The third-order valence-corrected chi connectivity index (χ3v) is 4.43. The van der Waals surface area contributed by atoms with Gasteiger partial charge in [-0.2, -0.15) is 0 Å². The zero-order valence-corrected chi connectivity index (χ0v) is 13.8. The molecule has 0 saturated carbocycles. The van der Waals surface area contributed by atoms with Gasteiger partial charge in [0, 0.05) is 36.3 Å². The van der Waals surface area contributed by atoms with E-state index in [0.29, 0.717) is 6.54 Å². The lowest BCUT2D eigenvalue weighted by Crippen LogP contribution is -2.45. The van der Waals surface area contributed by atoms with Gasteiger partial charge in [0.15, 0.2) is 5.43 Å². The van der Waals surface area contributed by atoms with Gasteiger partial charge in [-0.15, -0.1) is 0 Å². The number of aryl methyl sites for hydroxylation is 2. The van der Waals surface area contributed by atoms with Crippen LogP contribution in [0, 0.1) is 13.8 Å². The summed E-state index contributed by atoms with van der Waals surface area (Å²) in [6.07, 6.45) is 0.427. The predicted molar refractivity (Wildman–Crippen MR) is 89.3 cm³/mol. The summed E-state index contributed by atoms with van der Waals surface area (Å²) in [5, 5.41) is 0.787. The molecule has 0 bridgehead atoms. The zero-order valence-electron chi connectivity index (χ0n) is 13.8. The third kappa shape index (κ3) is 2.81. The molecular weight excluding hydrogens is 276 g/mol. The highest BCUT2D eigenvalue weighted by Crippen LogP contribution is 2.18. The summed E-state index contributed by atoms with van der Waals surface area (Å²) in [6, 6.07) is 5.89. The number of rotatable bonds is 2. The standard InChI is InChI=1S/C18H24N2O2/c1-11-6-5-7-15-17(11)19-14(4)16(18(15)21)10-20-8-12(2)22-13(3)9-20/h5-7,12-13H,8-10H2,1-4H3,(H,19,21). The van der Waals surface area contributed by atoms with Crippen LogP contribution in [0.15, 0.2) is 23.0 Å². The molecule has 22 heavy (non-hydrogen) atoms. The quantitative estimate of drug-likeness (QED) is 0.927. The molecule has 1 aromatic heterocycles. The van der Waals surface area contributed by atoms with Crippen LogP contribution in [-0.2, 0) is 11.3 Å². The van der Waals surface area contributed by atoms with Crippen molar-refractivity contribution in [3.63, 3.8) is 0 Å². The highest BCUT2D eigenvalue weighted by Gasteiger charge is 2.23. The van der Waals surface area contributed by atoms with Crippen molar-refractivity contribution in [1.29, 1.82) is 0 Å². The molecule has 2 unspecified atom stereocenters. The zero-order chi connectivity index (χ0) is 15.9. The van der Waals surface area contributed by atoms with Crippen molar-refractivity contribution in [3.05, 3.63) is 45.2 Å². The Morgan fingerprint density at radius 1 is 1.23 bits per heavy atom. The minimum atomic E-state index is 0.154. The minimum absolute atomic E-state index is 0.154. The molecule has 2 heterocycles. The van der Waals surface area contributed by atoms with Gasteiger partial charge in [0.05, 0.1) is 17.7 Å². The predicted octanol–water partition coefficient (Wildman–Crippen LogP) is 2.75. The fourth-order valence-corrected chi connectivity index (χ4v) is 3.45. The Balaban J connectivity index is 1.99. The largest absolute Gasteiger partial charge is 0.373 e. The molecule has 2 aromatic rings. The molecule has 0 radical (unpaired) electrons. The number of aromatic nitrogens is 1. The van der Waals surface area contributed by atoms with E-state index >= 15 is 0 Å². The van der Waals surface area contributed by atoms with Crippen LogP contribution in [0.2, 0.25) is 0 Å². The van der Waals surface area contributed by atoms with Crippen LogP contribution in [0.3, 0.4) is 0 Å². The maximum atomic E-state index is 12.9. The van der Waals surface area contributed by atoms with Gasteiger partial charge in [-0.05, 0) is 39.3 Å². The van der Waals surface area contributed by atoms with E-state index in [1.165, 1.54) is 0 Å². The molecule has 2 atom stereocenters. The van der Waals surface area contributed by atoms with Crippen molar-refractivity contribution in [2.75, 3.05) is 13.1 Å². The Morgan fingerprint density at radius 2 is 1.91 bits per heavy atom. The number of H-pyrrole nitrogens is 1. The molecule has 0 spiro atoms. The number of ether oxygens (including phenoxy) is 1. The maximum absolute atomic E-state index is 12.9. The summed E-state index contributed by atoms with van der Waals surface area (Å²) in [5.74, 6) is 0. The summed E-state index contributed by atoms with van der Waals surface area (Å²) in [4.78, 5) is 18.6. The van der Waals surface area contributed by atoms with Gasteiger partial charge in [0.2, 0.25) is 0 Å². The van der Waals surface area contributed by atoms with E-state index in [2.05, 4.69) is 23.7 Å². The number of morpholine rings is 1. The van der Waals surface area contributed by atoms with Crippen molar-refractivity contribution in [2.45, 2.75) is 46.4 Å². The van der Waals surface area contributed by atoms with Crippen LogP contribution in [0.1, 0.15) is 30.7 Å². The number of para-hydroxylation sites is 1. The van der Waals surface area contributed by atoms with Crippen LogP contribution in [-0.4, -0.2) is 35.2 Å². The summed E-state index contributed by atoms with van der Waals surface area (Å²) in [6.45, 7) is 10.6. The fourth-order valence-electron chi connectivity index (χ4n) is 3.45. The molecule has 1 saturated heterocycles. The molecular formula is C18H24N2O2. The average molecular weight is 300 g/mol. The first-order valence-corrected chi connectivity index (χ1v) is 7.94. The van der Waals surface area contributed by atoms with Crippen molar-refractivity contribution in [2.24, 2.45) is 0 Å². The molecule has 1 aromatic carbocycles. The van der Waals surface area contributed by atoms with E-state index in [1.54, 1.807) is 0 Å². The molecule has 0 amide bonds. The second kappa shape index (κ2) is 5.86. The number of hydrogen-bond acceptors (Lipinski definition) is 3. The van der Waals surface area contributed by atoms with Gasteiger partial charge in [-0.3, -0.25) is 9.69 Å². The molecule has 4 heteroatoms. The Bertz CT molecular complexity index is 741. The van der Waals surface area contributed by atoms with Gasteiger partial charge in [0.25, 0.3) is 0 Å². The number of nitrogens with one attached hydrogen (secondary N) is 1. The molecule has 1 fully saturated rings. The fraction of sp³-hybridized carbons (Fsp3) is 0.500. The van der Waals surface area contributed by atoms with Gasteiger partial charge in [-0.1, -0.05) is 12.1 Å². The van der Waals surface area contributed by atoms with E-state index < -0.39 is 0 Å². The van der Waals surface area contributed by atoms with Crippen LogP contribution in [0.4, 0.5) is 0 Å². The first-order valence-electron chi connectivity index (χ1n) is 7.94. The van der Waals surface area contributed by atoms with E-state index in [1.807, 2.05) is 32.0 Å². The topological polar surface area (TPSA) is 45.3 Å². The number of benzene rings is 1. The highest BCUT2D eigenvalue weighted by molar-refractivity contribution is 5.82. The first kappa shape index (κ1) is 15.3. The Hall–Kier alpha value is -1.65. The maximum Gasteiger partial charge on any atom is 0.194 e.